The van der Waals surface area contributed by atoms with Crippen molar-refractivity contribution >= 4 is 33.0 Å². The summed E-state index contributed by atoms with van der Waals surface area (Å²) >= 11 is 0. The van der Waals surface area contributed by atoms with Gasteiger partial charge in [0.1, 0.15) is 16.7 Å². The number of furan rings is 1. The molecule has 0 spiro atoms. The van der Waals surface area contributed by atoms with Gasteiger partial charge in [-0.2, -0.15) is 0 Å². The lowest BCUT2D eigenvalue weighted by Crippen LogP contribution is -1.85. The van der Waals surface area contributed by atoms with Crippen molar-refractivity contribution in [3.05, 3.63) is 140 Å². The molecule has 0 radical (unpaired) electrons. The highest BCUT2D eigenvalue weighted by Crippen LogP contribution is 2.38. The van der Waals surface area contributed by atoms with Gasteiger partial charge in [0.05, 0.1) is 0 Å². The molecule has 0 aliphatic heterocycles. The highest BCUT2D eigenvalue weighted by Gasteiger charge is 2.17. The van der Waals surface area contributed by atoms with Gasteiger partial charge in [-0.1, -0.05) is 109 Å². The zero-order valence-electron chi connectivity index (χ0n) is 21.5. The van der Waals surface area contributed by atoms with Gasteiger partial charge in [-0.15, -0.1) is 0 Å². The second-order valence-electron chi connectivity index (χ2n) is 9.98. The van der Waals surface area contributed by atoms with Crippen molar-refractivity contribution in [1.82, 2.24) is 4.98 Å². The summed E-state index contributed by atoms with van der Waals surface area (Å²) in [7, 11) is 0. The molecule has 8 aromatic rings. The maximum absolute atomic E-state index is 6.40. The van der Waals surface area contributed by atoms with Gasteiger partial charge in [0, 0.05) is 27.5 Å². The third-order valence-corrected chi connectivity index (χ3v) is 7.53. The van der Waals surface area contributed by atoms with Crippen LogP contribution in [0.1, 0.15) is 0 Å². The quantitative estimate of drug-likeness (QED) is 0.235. The SMILES string of the molecule is c1ccc(-c2cc(-c3ccccc3)c3nc(-c4ccc(-c5cccc6c5oc5ccccc56)cc4)oc3c2)cc1. The monoisotopic (exact) mass is 513 g/mol. The van der Waals surface area contributed by atoms with E-state index in [-0.39, 0.29) is 0 Å². The lowest BCUT2D eigenvalue weighted by Gasteiger charge is -2.07. The average Bonchev–Trinajstić information content (AvgIpc) is 3.63. The van der Waals surface area contributed by atoms with Crippen LogP contribution in [0.4, 0.5) is 0 Å². The zero-order valence-corrected chi connectivity index (χ0v) is 21.5. The zero-order chi connectivity index (χ0) is 26.5. The summed E-state index contributed by atoms with van der Waals surface area (Å²) in [5, 5.41) is 2.25. The summed E-state index contributed by atoms with van der Waals surface area (Å²) in [5.41, 5.74) is 10.9. The minimum absolute atomic E-state index is 0.603. The Kier molecular flexibility index (Phi) is 5.14. The lowest BCUT2D eigenvalue weighted by molar-refractivity contribution is 0.620. The maximum atomic E-state index is 6.40. The van der Waals surface area contributed by atoms with E-state index < -0.39 is 0 Å². The Labute approximate surface area is 231 Å². The molecule has 0 unspecified atom stereocenters. The fourth-order valence-electron chi connectivity index (χ4n) is 5.55. The summed E-state index contributed by atoms with van der Waals surface area (Å²) in [5.74, 6) is 0.603. The molecule has 0 saturated heterocycles. The first kappa shape index (κ1) is 22.6. The van der Waals surface area contributed by atoms with Gasteiger partial charge in [-0.3, -0.25) is 0 Å². The number of nitrogens with zero attached hydrogens (tertiary/aromatic N) is 1. The second kappa shape index (κ2) is 9.11. The molecule has 3 nitrogen and oxygen atoms in total. The van der Waals surface area contributed by atoms with Crippen LogP contribution in [0.25, 0.3) is 77.9 Å². The number of benzene rings is 6. The molecule has 40 heavy (non-hydrogen) atoms. The van der Waals surface area contributed by atoms with Gasteiger partial charge in [0.15, 0.2) is 5.58 Å². The third kappa shape index (κ3) is 3.71. The van der Waals surface area contributed by atoms with Crippen molar-refractivity contribution in [2.45, 2.75) is 0 Å². The Morgan fingerprint density at radius 3 is 1.85 bits per heavy atom. The summed E-state index contributed by atoms with van der Waals surface area (Å²) in [6.07, 6.45) is 0. The van der Waals surface area contributed by atoms with Crippen molar-refractivity contribution in [2.24, 2.45) is 0 Å². The fraction of sp³-hybridized carbons (Fsp3) is 0. The average molecular weight is 514 g/mol. The van der Waals surface area contributed by atoms with Crippen LogP contribution < -0.4 is 0 Å². The lowest BCUT2D eigenvalue weighted by atomic mass is 9.98. The standard InChI is InChI=1S/C37H23NO2/c1-3-10-24(11-4-1)28-22-32(25-12-5-2-6-13-25)35-34(23-28)40-37(38-35)27-20-18-26(19-21-27)29-15-9-16-31-30-14-7-8-17-33(30)39-36(29)31/h1-23H. The van der Waals surface area contributed by atoms with E-state index in [1.807, 2.05) is 30.3 Å². The van der Waals surface area contributed by atoms with E-state index in [4.69, 9.17) is 13.8 Å². The molecule has 3 heteroatoms. The predicted molar refractivity (Wildman–Crippen MR) is 163 cm³/mol. The van der Waals surface area contributed by atoms with Gasteiger partial charge < -0.3 is 8.83 Å². The summed E-state index contributed by atoms with van der Waals surface area (Å²) < 4.78 is 12.7. The summed E-state index contributed by atoms with van der Waals surface area (Å²) in [6.45, 7) is 0. The molecule has 6 aromatic carbocycles. The van der Waals surface area contributed by atoms with E-state index >= 15 is 0 Å². The molecule has 0 N–H and O–H groups in total. The van der Waals surface area contributed by atoms with Crippen molar-refractivity contribution in [3.63, 3.8) is 0 Å². The van der Waals surface area contributed by atoms with E-state index in [0.717, 1.165) is 72.0 Å². The molecule has 8 rings (SSSR count). The molecule has 0 aliphatic rings. The van der Waals surface area contributed by atoms with Crippen LogP contribution in [0.5, 0.6) is 0 Å². The topological polar surface area (TPSA) is 39.2 Å². The maximum Gasteiger partial charge on any atom is 0.227 e. The van der Waals surface area contributed by atoms with E-state index in [1.165, 1.54) is 0 Å². The fourth-order valence-corrected chi connectivity index (χ4v) is 5.55. The number of aromatic nitrogens is 1. The number of rotatable bonds is 4. The first-order valence-corrected chi connectivity index (χ1v) is 13.4. The van der Waals surface area contributed by atoms with E-state index in [1.54, 1.807) is 0 Å². The van der Waals surface area contributed by atoms with Crippen LogP contribution in [0.2, 0.25) is 0 Å². The van der Waals surface area contributed by atoms with Crippen molar-refractivity contribution in [2.75, 3.05) is 0 Å². The van der Waals surface area contributed by atoms with Crippen LogP contribution in [0, 0.1) is 0 Å². The van der Waals surface area contributed by atoms with E-state index in [0.29, 0.717) is 5.89 Å². The van der Waals surface area contributed by atoms with Gasteiger partial charge in [0.2, 0.25) is 5.89 Å². The van der Waals surface area contributed by atoms with Crippen LogP contribution in [0.15, 0.2) is 148 Å². The molecular formula is C37H23NO2. The van der Waals surface area contributed by atoms with Crippen molar-refractivity contribution in [3.8, 4) is 44.8 Å². The molecular weight excluding hydrogens is 490 g/mol. The summed E-state index contributed by atoms with van der Waals surface area (Å²) in [4.78, 5) is 4.99. The molecule has 188 valence electrons. The smallest absolute Gasteiger partial charge is 0.227 e. The first-order valence-electron chi connectivity index (χ1n) is 13.4. The van der Waals surface area contributed by atoms with Gasteiger partial charge >= 0.3 is 0 Å². The minimum atomic E-state index is 0.603. The number of para-hydroxylation sites is 2. The number of hydrogen-bond acceptors (Lipinski definition) is 3. The number of oxazole rings is 1. The van der Waals surface area contributed by atoms with E-state index in [9.17, 15) is 0 Å². The Morgan fingerprint density at radius 1 is 0.400 bits per heavy atom. The second-order valence-corrected chi connectivity index (χ2v) is 9.98. The van der Waals surface area contributed by atoms with Crippen LogP contribution in [0.3, 0.4) is 0 Å². The predicted octanol–water partition coefficient (Wildman–Crippen LogP) is 10.4. The molecule has 2 aromatic heterocycles. The highest BCUT2D eigenvalue weighted by atomic mass is 16.3. The molecule has 0 amide bonds. The van der Waals surface area contributed by atoms with Crippen LogP contribution in [-0.2, 0) is 0 Å². The largest absolute Gasteiger partial charge is 0.455 e. The normalized spacial score (nSPS) is 11.5. The Morgan fingerprint density at radius 2 is 1.05 bits per heavy atom. The van der Waals surface area contributed by atoms with Crippen molar-refractivity contribution < 1.29 is 8.83 Å². The molecule has 0 bridgehead atoms. The molecule has 0 saturated carbocycles. The molecule has 0 aliphatic carbocycles. The highest BCUT2D eigenvalue weighted by molar-refractivity contribution is 6.09. The number of fused-ring (bicyclic) bond motifs is 4. The third-order valence-electron chi connectivity index (χ3n) is 7.53. The van der Waals surface area contributed by atoms with Crippen molar-refractivity contribution in [1.29, 1.82) is 0 Å². The molecule has 2 heterocycles. The molecule has 0 atom stereocenters. The Hall–Kier alpha value is -5.41. The van der Waals surface area contributed by atoms with Gasteiger partial charge in [-0.25, -0.2) is 4.98 Å². The van der Waals surface area contributed by atoms with Crippen LogP contribution in [-0.4, -0.2) is 4.98 Å². The molecule has 0 fully saturated rings. The summed E-state index contributed by atoms with van der Waals surface area (Å²) in [6, 6.07) is 47.9. The Bertz CT molecular complexity index is 2140. The van der Waals surface area contributed by atoms with Gasteiger partial charge in [0.25, 0.3) is 0 Å². The van der Waals surface area contributed by atoms with Crippen LogP contribution >= 0.6 is 0 Å². The number of hydrogen-bond donors (Lipinski definition) is 0. The Balaban J connectivity index is 1.23. The van der Waals surface area contributed by atoms with E-state index in [2.05, 4.69) is 109 Å². The minimum Gasteiger partial charge on any atom is -0.455 e. The first-order chi connectivity index (χ1) is 19.8. The van der Waals surface area contributed by atoms with Gasteiger partial charge in [-0.05, 0) is 52.6 Å².